The summed E-state index contributed by atoms with van der Waals surface area (Å²) in [6, 6.07) is 0. The molecule has 0 saturated heterocycles. The van der Waals surface area contributed by atoms with E-state index in [0.717, 1.165) is 0 Å². The number of carbonyl (C=O) groups is 1. The van der Waals surface area contributed by atoms with Gasteiger partial charge in [-0.2, -0.15) is 0 Å². The molecular weight excluding hydrogens is 214 g/mol. The minimum Gasteiger partial charge on any atom is -0.383 e. The number of rotatable bonds is 7. The summed E-state index contributed by atoms with van der Waals surface area (Å²) >= 11 is 5.67. The van der Waals surface area contributed by atoms with E-state index in [4.69, 9.17) is 16.3 Å². The van der Waals surface area contributed by atoms with Crippen LogP contribution in [0.1, 0.15) is 25.7 Å². The second kappa shape index (κ2) is 7.07. The van der Waals surface area contributed by atoms with Crippen LogP contribution in [0.5, 0.6) is 0 Å². The van der Waals surface area contributed by atoms with Crippen LogP contribution in [0.4, 0.5) is 0 Å². The van der Waals surface area contributed by atoms with Crippen LogP contribution in [-0.2, 0) is 9.53 Å². The second-order valence-electron chi connectivity index (χ2n) is 4.06. The van der Waals surface area contributed by atoms with Gasteiger partial charge < -0.3 is 9.64 Å². The monoisotopic (exact) mass is 233 g/mol. The van der Waals surface area contributed by atoms with E-state index in [1.807, 2.05) is 4.90 Å². The summed E-state index contributed by atoms with van der Waals surface area (Å²) in [5, 5.41) is 0. The Morgan fingerprint density at radius 3 is 2.67 bits per heavy atom. The standard InChI is InChI=1S/C11H20ClNO2/c1-15-8-7-13(6-5-12)11(14)9-10-3-2-4-10/h10H,2-9H2,1H3. The number of ether oxygens (including phenoxy) is 1. The minimum absolute atomic E-state index is 0.234. The molecule has 1 aliphatic carbocycles. The maximum atomic E-state index is 11.9. The maximum absolute atomic E-state index is 11.9. The molecule has 0 atom stereocenters. The topological polar surface area (TPSA) is 29.5 Å². The van der Waals surface area contributed by atoms with Crippen LogP contribution >= 0.6 is 11.6 Å². The van der Waals surface area contributed by atoms with Gasteiger partial charge in [-0.25, -0.2) is 0 Å². The van der Waals surface area contributed by atoms with E-state index in [-0.39, 0.29) is 5.91 Å². The first-order valence-electron chi connectivity index (χ1n) is 5.60. The SMILES string of the molecule is COCCN(CCCl)C(=O)CC1CCC1. The Labute approximate surface area is 96.7 Å². The molecule has 0 aliphatic heterocycles. The van der Waals surface area contributed by atoms with E-state index < -0.39 is 0 Å². The van der Waals surface area contributed by atoms with Gasteiger partial charge >= 0.3 is 0 Å². The van der Waals surface area contributed by atoms with Gasteiger partial charge in [-0.15, -0.1) is 11.6 Å². The van der Waals surface area contributed by atoms with Crippen LogP contribution in [0.2, 0.25) is 0 Å². The molecule has 0 aromatic rings. The highest BCUT2D eigenvalue weighted by atomic mass is 35.5. The zero-order chi connectivity index (χ0) is 11.1. The van der Waals surface area contributed by atoms with Gasteiger partial charge in [-0.3, -0.25) is 4.79 Å². The lowest BCUT2D eigenvalue weighted by atomic mass is 9.82. The van der Waals surface area contributed by atoms with Crippen LogP contribution in [0.3, 0.4) is 0 Å². The molecular formula is C11H20ClNO2. The zero-order valence-corrected chi connectivity index (χ0v) is 10.1. The van der Waals surface area contributed by atoms with E-state index in [0.29, 0.717) is 37.9 Å². The number of hydrogen-bond donors (Lipinski definition) is 0. The predicted molar refractivity (Wildman–Crippen MR) is 61.1 cm³/mol. The molecule has 1 rings (SSSR count). The van der Waals surface area contributed by atoms with Gasteiger partial charge in [0.2, 0.25) is 5.91 Å². The Morgan fingerprint density at radius 1 is 1.47 bits per heavy atom. The van der Waals surface area contributed by atoms with Crippen molar-refractivity contribution in [2.45, 2.75) is 25.7 Å². The van der Waals surface area contributed by atoms with Crippen molar-refractivity contribution in [3.05, 3.63) is 0 Å². The van der Waals surface area contributed by atoms with Crippen molar-refractivity contribution in [1.82, 2.24) is 4.90 Å². The maximum Gasteiger partial charge on any atom is 0.222 e. The fourth-order valence-corrected chi connectivity index (χ4v) is 1.94. The first-order chi connectivity index (χ1) is 7.27. The number of nitrogens with zero attached hydrogens (tertiary/aromatic N) is 1. The molecule has 0 aromatic heterocycles. The number of methoxy groups -OCH3 is 1. The van der Waals surface area contributed by atoms with E-state index in [1.54, 1.807) is 7.11 Å². The molecule has 0 unspecified atom stereocenters. The van der Waals surface area contributed by atoms with E-state index in [2.05, 4.69) is 0 Å². The number of hydrogen-bond acceptors (Lipinski definition) is 2. The van der Waals surface area contributed by atoms with Crippen LogP contribution < -0.4 is 0 Å². The normalized spacial score (nSPS) is 16.1. The van der Waals surface area contributed by atoms with E-state index in [1.165, 1.54) is 19.3 Å². The Kier molecular flexibility index (Phi) is 6.03. The average molecular weight is 234 g/mol. The first-order valence-corrected chi connectivity index (χ1v) is 6.14. The average Bonchev–Trinajstić information content (AvgIpc) is 2.18. The molecule has 0 bridgehead atoms. The van der Waals surface area contributed by atoms with Crippen LogP contribution in [0, 0.1) is 5.92 Å². The Morgan fingerprint density at radius 2 is 2.20 bits per heavy atom. The van der Waals surface area contributed by atoms with Gasteiger partial charge in [0.1, 0.15) is 0 Å². The van der Waals surface area contributed by atoms with Crippen molar-refractivity contribution in [2.75, 3.05) is 32.7 Å². The number of halogens is 1. The molecule has 1 fully saturated rings. The lowest BCUT2D eigenvalue weighted by Crippen LogP contribution is -2.37. The molecule has 88 valence electrons. The van der Waals surface area contributed by atoms with E-state index >= 15 is 0 Å². The number of alkyl halides is 1. The fourth-order valence-electron chi connectivity index (χ4n) is 1.74. The lowest BCUT2D eigenvalue weighted by Gasteiger charge is -2.28. The third-order valence-corrected chi connectivity index (χ3v) is 3.13. The molecule has 1 saturated carbocycles. The van der Waals surface area contributed by atoms with Gasteiger partial charge in [-0.05, 0) is 18.8 Å². The largest absolute Gasteiger partial charge is 0.383 e. The smallest absolute Gasteiger partial charge is 0.222 e. The van der Waals surface area contributed by atoms with Gasteiger partial charge in [0.05, 0.1) is 6.61 Å². The van der Waals surface area contributed by atoms with Crippen LogP contribution in [0.15, 0.2) is 0 Å². The van der Waals surface area contributed by atoms with Crippen LogP contribution in [-0.4, -0.2) is 43.5 Å². The highest BCUT2D eigenvalue weighted by molar-refractivity contribution is 6.18. The number of amides is 1. The summed E-state index contributed by atoms with van der Waals surface area (Å²) < 4.78 is 4.98. The van der Waals surface area contributed by atoms with Crippen LogP contribution in [0.25, 0.3) is 0 Å². The second-order valence-corrected chi connectivity index (χ2v) is 4.44. The summed E-state index contributed by atoms with van der Waals surface area (Å²) in [7, 11) is 1.65. The minimum atomic E-state index is 0.234. The molecule has 1 aliphatic rings. The zero-order valence-electron chi connectivity index (χ0n) is 9.38. The Balaban J connectivity index is 2.28. The molecule has 0 N–H and O–H groups in total. The third-order valence-electron chi connectivity index (χ3n) is 2.96. The molecule has 1 amide bonds. The van der Waals surface area contributed by atoms with Crippen molar-refractivity contribution in [2.24, 2.45) is 5.92 Å². The van der Waals surface area contributed by atoms with E-state index in [9.17, 15) is 4.79 Å². The van der Waals surface area contributed by atoms with Crippen molar-refractivity contribution in [3.63, 3.8) is 0 Å². The van der Waals surface area contributed by atoms with Crippen molar-refractivity contribution in [1.29, 1.82) is 0 Å². The van der Waals surface area contributed by atoms with Gasteiger partial charge in [0.25, 0.3) is 0 Å². The quantitative estimate of drug-likeness (QED) is 0.629. The van der Waals surface area contributed by atoms with Gasteiger partial charge in [0, 0.05) is 32.5 Å². The van der Waals surface area contributed by atoms with Crippen molar-refractivity contribution >= 4 is 17.5 Å². The van der Waals surface area contributed by atoms with Crippen molar-refractivity contribution < 1.29 is 9.53 Å². The number of carbonyl (C=O) groups excluding carboxylic acids is 1. The Bertz CT molecular complexity index is 195. The molecule has 0 heterocycles. The van der Waals surface area contributed by atoms with Crippen molar-refractivity contribution in [3.8, 4) is 0 Å². The summed E-state index contributed by atoms with van der Waals surface area (Å²) in [5.41, 5.74) is 0. The fraction of sp³-hybridized carbons (Fsp3) is 0.909. The van der Waals surface area contributed by atoms with Gasteiger partial charge in [0.15, 0.2) is 0 Å². The third kappa shape index (κ3) is 4.39. The molecule has 0 aromatic carbocycles. The summed E-state index contributed by atoms with van der Waals surface area (Å²) in [6.07, 6.45) is 4.40. The molecule has 0 radical (unpaired) electrons. The summed E-state index contributed by atoms with van der Waals surface area (Å²) in [6.45, 7) is 1.89. The molecule has 15 heavy (non-hydrogen) atoms. The summed E-state index contributed by atoms with van der Waals surface area (Å²) in [4.78, 5) is 13.7. The Hall–Kier alpha value is -0.280. The first kappa shape index (κ1) is 12.8. The molecule has 4 heteroatoms. The lowest BCUT2D eigenvalue weighted by molar-refractivity contribution is -0.133. The predicted octanol–water partition coefficient (Wildman–Crippen LogP) is 1.89. The molecule has 3 nitrogen and oxygen atoms in total. The highest BCUT2D eigenvalue weighted by Gasteiger charge is 2.23. The van der Waals surface area contributed by atoms with Gasteiger partial charge in [-0.1, -0.05) is 6.42 Å². The summed E-state index contributed by atoms with van der Waals surface area (Å²) in [5.74, 6) is 1.36. The molecule has 0 spiro atoms. The highest BCUT2D eigenvalue weighted by Crippen LogP contribution is 2.29.